The molecule has 6 heteroatoms. The molecular weight excluding hydrogens is 185 g/mol. The monoisotopic (exact) mass is 196 g/mol. The van der Waals surface area contributed by atoms with E-state index in [1.807, 2.05) is 0 Å². The number of nitrogens with two attached hydrogens (primary N) is 1. The fourth-order valence-electron chi connectivity index (χ4n) is 1.38. The van der Waals surface area contributed by atoms with Gasteiger partial charge < -0.3 is 10.6 Å². The second-order valence-electron chi connectivity index (χ2n) is 3.07. The molecule has 0 aromatic rings. The molecule has 1 heterocycles. The lowest BCUT2D eigenvalue weighted by molar-refractivity contribution is -0.171. The minimum Gasteiger partial charge on any atom is -0.341 e. The molecule has 1 atom stereocenters. The second-order valence-corrected chi connectivity index (χ2v) is 3.07. The van der Waals surface area contributed by atoms with Crippen LogP contribution in [-0.4, -0.2) is 36.6 Å². The van der Waals surface area contributed by atoms with Gasteiger partial charge in [0.25, 0.3) is 0 Å². The Morgan fingerprint density at radius 2 is 2.15 bits per heavy atom. The molecular formula is C7H11F3N2O. The van der Waals surface area contributed by atoms with Crippen molar-refractivity contribution >= 4 is 5.91 Å². The summed E-state index contributed by atoms with van der Waals surface area (Å²) >= 11 is 0. The van der Waals surface area contributed by atoms with E-state index in [0.717, 1.165) is 4.90 Å². The Bertz CT molecular complexity index is 204. The van der Waals surface area contributed by atoms with Crippen LogP contribution in [0.4, 0.5) is 13.2 Å². The number of carbonyl (C=O) groups is 1. The summed E-state index contributed by atoms with van der Waals surface area (Å²) in [5.41, 5.74) is 5.03. The van der Waals surface area contributed by atoms with Gasteiger partial charge in [-0.25, -0.2) is 0 Å². The summed E-state index contributed by atoms with van der Waals surface area (Å²) in [6.45, 7) is -0.287. The van der Waals surface area contributed by atoms with Gasteiger partial charge in [0.2, 0.25) is 5.91 Å². The van der Waals surface area contributed by atoms with Crippen LogP contribution in [0.2, 0.25) is 0 Å². The van der Waals surface area contributed by atoms with Crippen molar-refractivity contribution in [2.24, 2.45) is 11.7 Å². The Hall–Kier alpha value is -0.780. The number of nitrogens with zero attached hydrogens (tertiary/aromatic N) is 1. The molecule has 0 saturated carbocycles. The van der Waals surface area contributed by atoms with Gasteiger partial charge in [0.05, 0.1) is 12.5 Å². The lowest BCUT2D eigenvalue weighted by Gasteiger charge is -2.16. The van der Waals surface area contributed by atoms with Gasteiger partial charge in [-0.15, -0.1) is 0 Å². The number of hydrogen-bond acceptors (Lipinski definition) is 2. The lowest BCUT2D eigenvalue weighted by Crippen LogP contribution is -2.35. The average Bonchev–Trinajstić information content (AvgIpc) is 2.50. The van der Waals surface area contributed by atoms with Crippen LogP contribution >= 0.6 is 0 Å². The van der Waals surface area contributed by atoms with Crippen LogP contribution in [-0.2, 0) is 4.79 Å². The number of alkyl halides is 3. The van der Waals surface area contributed by atoms with E-state index in [4.69, 9.17) is 5.73 Å². The average molecular weight is 196 g/mol. The van der Waals surface area contributed by atoms with Gasteiger partial charge in [0, 0.05) is 13.1 Å². The standard InChI is InChI=1S/C7H11F3N2O/c8-7(9,10)5-1-2-12(4-5)6(13)3-11/h5H,1-4,11H2/t5-/m1/s1. The molecule has 0 unspecified atom stereocenters. The molecule has 0 aromatic heterocycles. The smallest absolute Gasteiger partial charge is 0.341 e. The van der Waals surface area contributed by atoms with Crippen LogP contribution in [0.5, 0.6) is 0 Å². The summed E-state index contributed by atoms with van der Waals surface area (Å²) < 4.78 is 36.4. The zero-order valence-corrected chi connectivity index (χ0v) is 6.97. The Labute approximate surface area is 73.7 Å². The Morgan fingerprint density at radius 1 is 1.54 bits per heavy atom. The number of likely N-dealkylation sites (tertiary alicyclic amines) is 1. The van der Waals surface area contributed by atoms with E-state index in [9.17, 15) is 18.0 Å². The van der Waals surface area contributed by atoms with Crippen LogP contribution in [0.25, 0.3) is 0 Å². The maximum atomic E-state index is 12.1. The van der Waals surface area contributed by atoms with E-state index in [-0.39, 0.29) is 26.1 Å². The second kappa shape index (κ2) is 3.53. The Morgan fingerprint density at radius 3 is 2.54 bits per heavy atom. The van der Waals surface area contributed by atoms with Gasteiger partial charge in [-0.1, -0.05) is 0 Å². The first-order chi connectivity index (χ1) is 5.95. The third-order valence-electron chi connectivity index (χ3n) is 2.18. The van der Waals surface area contributed by atoms with Crippen molar-refractivity contribution in [3.63, 3.8) is 0 Å². The summed E-state index contributed by atoms with van der Waals surface area (Å²) in [5, 5.41) is 0. The molecule has 0 radical (unpaired) electrons. The third-order valence-corrected chi connectivity index (χ3v) is 2.18. The third kappa shape index (κ3) is 2.33. The number of carbonyl (C=O) groups excluding carboxylic acids is 1. The van der Waals surface area contributed by atoms with Crippen molar-refractivity contribution in [3.8, 4) is 0 Å². The SMILES string of the molecule is NCC(=O)N1CC[C@@H](C(F)(F)F)C1. The largest absolute Gasteiger partial charge is 0.393 e. The van der Waals surface area contributed by atoms with Crippen LogP contribution in [0.3, 0.4) is 0 Å². The molecule has 13 heavy (non-hydrogen) atoms. The van der Waals surface area contributed by atoms with E-state index in [1.165, 1.54) is 0 Å². The zero-order valence-electron chi connectivity index (χ0n) is 6.97. The highest BCUT2D eigenvalue weighted by Gasteiger charge is 2.44. The van der Waals surface area contributed by atoms with Crippen LogP contribution in [0, 0.1) is 5.92 Å². The Kier molecular flexibility index (Phi) is 2.80. The Balaban J connectivity index is 2.50. The first kappa shape index (κ1) is 10.3. The molecule has 1 amide bonds. The lowest BCUT2D eigenvalue weighted by atomic mass is 10.1. The summed E-state index contributed by atoms with van der Waals surface area (Å²) in [6, 6.07) is 0. The molecule has 0 aromatic carbocycles. The highest BCUT2D eigenvalue weighted by molar-refractivity contribution is 5.78. The summed E-state index contributed by atoms with van der Waals surface area (Å²) in [6.07, 6.45) is -4.20. The van der Waals surface area contributed by atoms with Crippen molar-refractivity contribution in [1.29, 1.82) is 0 Å². The van der Waals surface area contributed by atoms with E-state index in [2.05, 4.69) is 0 Å². The fraction of sp³-hybridized carbons (Fsp3) is 0.857. The van der Waals surface area contributed by atoms with Gasteiger partial charge in [0.1, 0.15) is 0 Å². The number of halogens is 3. The van der Waals surface area contributed by atoms with Crippen LogP contribution in [0.15, 0.2) is 0 Å². The van der Waals surface area contributed by atoms with Crippen molar-refractivity contribution in [1.82, 2.24) is 4.90 Å². The predicted octanol–water partition coefficient (Wildman–Crippen LogP) is 0.356. The summed E-state index contributed by atoms with van der Waals surface area (Å²) in [5.74, 6) is -1.78. The van der Waals surface area contributed by atoms with Gasteiger partial charge in [-0.2, -0.15) is 13.2 Å². The molecule has 0 bridgehead atoms. The number of amides is 1. The first-order valence-electron chi connectivity index (χ1n) is 3.99. The maximum absolute atomic E-state index is 12.1. The number of rotatable bonds is 1. The van der Waals surface area contributed by atoms with Gasteiger partial charge in [0.15, 0.2) is 0 Å². The molecule has 0 aliphatic carbocycles. The van der Waals surface area contributed by atoms with Gasteiger partial charge in [-0.05, 0) is 6.42 Å². The molecule has 1 fully saturated rings. The topological polar surface area (TPSA) is 46.3 Å². The molecule has 1 rings (SSSR count). The molecule has 2 N–H and O–H groups in total. The summed E-state index contributed by atoms with van der Waals surface area (Å²) in [4.78, 5) is 12.1. The van der Waals surface area contributed by atoms with Crippen molar-refractivity contribution in [3.05, 3.63) is 0 Å². The van der Waals surface area contributed by atoms with Crippen LogP contribution < -0.4 is 5.73 Å². The van der Waals surface area contributed by atoms with Gasteiger partial charge in [-0.3, -0.25) is 4.79 Å². The van der Waals surface area contributed by atoms with Crippen molar-refractivity contribution in [2.45, 2.75) is 12.6 Å². The van der Waals surface area contributed by atoms with E-state index in [0.29, 0.717) is 0 Å². The molecule has 1 saturated heterocycles. The minimum atomic E-state index is -4.19. The summed E-state index contributed by atoms with van der Waals surface area (Å²) in [7, 11) is 0. The quantitative estimate of drug-likeness (QED) is 0.658. The van der Waals surface area contributed by atoms with E-state index < -0.39 is 18.0 Å². The van der Waals surface area contributed by atoms with E-state index >= 15 is 0 Å². The molecule has 1 aliphatic heterocycles. The van der Waals surface area contributed by atoms with Crippen molar-refractivity contribution in [2.75, 3.05) is 19.6 Å². The highest BCUT2D eigenvalue weighted by Crippen LogP contribution is 2.33. The normalized spacial score (nSPS) is 23.7. The number of hydrogen-bond donors (Lipinski definition) is 1. The zero-order chi connectivity index (χ0) is 10.1. The fourth-order valence-corrected chi connectivity index (χ4v) is 1.38. The highest BCUT2D eigenvalue weighted by atomic mass is 19.4. The minimum absolute atomic E-state index is 0.00472. The molecule has 0 spiro atoms. The molecule has 3 nitrogen and oxygen atoms in total. The van der Waals surface area contributed by atoms with Gasteiger partial charge >= 0.3 is 6.18 Å². The molecule has 76 valence electrons. The van der Waals surface area contributed by atoms with Crippen LogP contribution in [0.1, 0.15) is 6.42 Å². The maximum Gasteiger partial charge on any atom is 0.393 e. The van der Waals surface area contributed by atoms with E-state index in [1.54, 1.807) is 0 Å². The molecule has 1 aliphatic rings. The predicted molar refractivity (Wildman–Crippen MR) is 39.8 cm³/mol. The first-order valence-corrected chi connectivity index (χ1v) is 3.99. The van der Waals surface area contributed by atoms with Crippen molar-refractivity contribution < 1.29 is 18.0 Å².